The van der Waals surface area contributed by atoms with E-state index in [-0.39, 0.29) is 11.5 Å². The summed E-state index contributed by atoms with van der Waals surface area (Å²) in [5.41, 5.74) is 2.29. The number of benzene rings is 2. The summed E-state index contributed by atoms with van der Waals surface area (Å²) in [4.78, 5) is 27.7. The van der Waals surface area contributed by atoms with Crippen molar-refractivity contribution in [2.75, 3.05) is 36.4 Å². The second-order valence-corrected chi connectivity index (χ2v) is 8.01. The van der Waals surface area contributed by atoms with Crippen molar-refractivity contribution in [2.45, 2.75) is 6.92 Å². The topological polar surface area (TPSA) is 86.4 Å². The zero-order valence-corrected chi connectivity index (χ0v) is 18.4. The number of ether oxygens (including phenoxy) is 1. The first-order chi connectivity index (χ1) is 16.5. The van der Waals surface area contributed by atoms with E-state index in [0.717, 1.165) is 17.4 Å². The van der Waals surface area contributed by atoms with E-state index >= 15 is 0 Å². The lowest BCUT2D eigenvalue weighted by atomic mass is 10.2. The molecule has 0 saturated carbocycles. The van der Waals surface area contributed by atoms with Crippen molar-refractivity contribution in [2.24, 2.45) is 0 Å². The first kappa shape index (κ1) is 21.6. The minimum Gasteiger partial charge on any atom is -0.437 e. The normalized spacial score (nSPS) is 13.9. The average Bonchev–Trinajstić information content (AvgIpc) is 3.22. The van der Waals surface area contributed by atoms with Crippen LogP contribution in [0.2, 0.25) is 0 Å². The summed E-state index contributed by atoms with van der Waals surface area (Å²) in [6, 6.07) is 9.35. The van der Waals surface area contributed by atoms with Gasteiger partial charge in [0.25, 0.3) is 0 Å². The molecule has 0 aliphatic carbocycles. The van der Waals surface area contributed by atoms with Gasteiger partial charge >= 0.3 is 6.03 Å². The van der Waals surface area contributed by atoms with E-state index < -0.39 is 11.6 Å². The highest BCUT2D eigenvalue weighted by Crippen LogP contribution is 2.27. The zero-order valence-electron chi connectivity index (χ0n) is 18.4. The molecule has 2 aromatic heterocycles. The van der Waals surface area contributed by atoms with Crippen LogP contribution in [0.25, 0.3) is 10.9 Å². The first-order valence-electron chi connectivity index (χ1n) is 10.8. The van der Waals surface area contributed by atoms with Crippen LogP contribution in [-0.2, 0) is 0 Å². The van der Waals surface area contributed by atoms with E-state index in [1.54, 1.807) is 17.3 Å². The van der Waals surface area contributed by atoms with Gasteiger partial charge in [0.1, 0.15) is 17.4 Å². The van der Waals surface area contributed by atoms with Gasteiger partial charge in [0.05, 0.1) is 23.1 Å². The lowest BCUT2D eigenvalue weighted by Gasteiger charge is -2.36. The quantitative estimate of drug-likeness (QED) is 0.458. The van der Waals surface area contributed by atoms with Gasteiger partial charge in [-0.25, -0.2) is 18.6 Å². The molecule has 4 aromatic rings. The number of H-pyrrole nitrogens is 1. The van der Waals surface area contributed by atoms with Crippen LogP contribution in [0.15, 0.2) is 55.0 Å². The Morgan fingerprint density at radius 2 is 1.85 bits per heavy atom. The van der Waals surface area contributed by atoms with Gasteiger partial charge in [-0.2, -0.15) is 0 Å². The largest absolute Gasteiger partial charge is 0.437 e. The van der Waals surface area contributed by atoms with E-state index in [1.165, 1.54) is 12.3 Å². The van der Waals surface area contributed by atoms with Crippen molar-refractivity contribution in [1.82, 2.24) is 19.9 Å². The number of rotatable bonds is 4. The van der Waals surface area contributed by atoms with Crippen LogP contribution in [0.3, 0.4) is 0 Å². The van der Waals surface area contributed by atoms with Gasteiger partial charge in [-0.15, -0.1) is 0 Å². The number of hydrogen-bond acceptors (Lipinski definition) is 5. The molecule has 2 aromatic carbocycles. The smallest absolute Gasteiger partial charge is 0.322 e. The Labute approximate surface area is 194 Å². The van der Waals surface area contributed by atoms with Gasteiger partial charge < -0.3 is 24.8 Å². The van der Waals surface area contributed by atoms with Gasteiger partial charge in [0.15, 0.2) is 0 Å². The van der Waals surface area contributed by atoms with Crippen molar-refractivity contribution >= 4 is 28.3 Å². The Kier molecular flexibility index (Phi) is 5.70. The van der Waals surface area contributed by atoms with Crippen LogP contribution in [-0.4, -0.2) is 52.1 Å². The number of nitrogens with one attached hydrogen (secondary N) is 2. The number of carbonyl (C=O) groups excluding carboxylic acids is 1. The fourth-order valence-corrected chi connectivity index (χ4v) is 3.96. The Hall–Kier alpha value is -4.21. The monoisotopic (exact) mass is 464 g/mol. The molecule has 2 amide bonds. The number of carbonyl (C=O) groups is 1. The molecule has 2 N–H and O–H groups in total. The Morgan fingerprint density at radius 1 is 1.09 bits per heavy atom. The summed E-state index contributed by atoms with van der Waals surface area (Å²) >= 11 is 0. The van der Waals surface area contributed by atoms with Crippen molar-refractivity contribution in [1.29, 1.82) is 0 Å². The molecular weight excluding hydrogens is 442 g/mol. The van der Waals surface area contributed by atoms with E-state index in [4.69, 9.17) is 4.74 Å². The molecule has 0 bridgehead atoms. The Bertz CT molecular complexity index is 1330. The maximum Gasteiger partial charge on any atom is 0.322 e. The van der Waals surface area contributed by atoms with Crippen LogP contribution in [0.5, 0.6) is 11.6 Å². The number of amides is 2. The SMILES string of the molecule is Cc1cncc(Oc2ccc(N3CCN(C(=O)Nc4c[nH]c5c(F)cc(F)cc45)CC3)cc2)n1. The summed E-state index contributed by atoms with van der Waals surface area (Å²) in [5, 5.41) is 3.05. The van der Waals surface area contributed by atoms with Crippen LogP contribution >= 0.6 is 0 Å². The van der Waals surface area contributed by atoms with Crippen LogP contribution in [0.4, 0.5) is 25.0 Å². The molecular formula is C24H22F2N6O2. The number of aromatic amines is 1. The number of anilines is 2. The summed E-state index contributed by atoms with van der Waals surface area (Å²) in [5.74, 6) is -0.300. The third-order valence-corrected chi connectivity index (χ3v) is 5.67. The minimum absolute atomic E-state index is 0.156. The summed E-state index contributed by atoms with van der Waals surface area (Å²) < 4.78 is 33.2. The predicted molar refractivity (Wildman–Crippen MR) is 124 cm³/mol. The maximum atomic E-state index is 13.9. The fourth-order valence-electron chi connectivity index (χ4n) is 3.96. The molecule has 0 spiro atoms. The van der Waals surface area contributed by atoms with Crippen molar-refractivity contribution < 1.29 is 18.3 Å². The molecule has 1 aliphatic heterocycles. The number of aromatic nitrogens is 3. The van der Waals surface area contributed by atoms with Crippen LogP contribution in [0.1, 0.15) is 5.69 Å². The second kappa shape index (κ2) is 8.97. The highest BCUT2D eigenvalue weighted by Gasteiger charge is 2.22. The summed E-state index contributed by atoms with van der Waals surface area (Å²) in [6.07, 6.45) is 4.69. The van der Waals surface area contributed by atoms with Gasteiger partial charge in [-0.1, -0.05) is 0 Å². The zero-order chi connectivity index (χ0) is 23.7. The number of aryl methyl sites for hydroxylation is 1. The lowest BCUT2D eigenvalue weighted by Crippen LogP contribution is -2.50. The number of halogens is 2. The molecule has 174 valence electrons. The van der Waals surface area contributed by atoms with Crippen molar-refractivity contribution in [3.8, 4) is 11.6 Å². The number of piperazine rings is 1. The average molecular weight is 464 g/mol. The molecule has 1 aliphatic rings. The molecule has 0 unspecified atom stereocenters. The van der Waals surface area contributed by atoms with E-state index in [0.29, 0.717) is 48.9 Å². The third kappa shape index (κ3) is 4.47. The van der Waals surface area contributed by atoms with E-state index in [2.05, 4.69) is 25.2 Å². The standard InChI is InChI=1S/C24H22F2N6O2/c1-15-12-27-14-22(29-15)34-18-4-2-17(3-5-18)31-6-8-32(9-7-31)24(33)30-21-13-28-23-19(21)10-16(25)11-20(23)26/h2-5,10-14,28H,6-9H2,1H3,(H,30,33). The Balaban J connectivity index is 1.18. The molecule has 0 atom stereocenters. The number of hydrogen-bond donors (Lipinski definition) is 2. The van der Waals surface area contributed by atoms with E-state index in [9.17, 15) is 13.6 Å². The summed E-state index contributed by atoms with van der Waals surface area (Å²) in [7, 11) is 0. The molecule has 0 radical (unpaired) electrons. The molecule has 3 heterocycles. The molecule has 10 heteroatoms. The van der Waals surface area contributed by atoms with Crippen molar-refractivity contribution in [3.63, 3.8) is 0 Å². The molecule has 1 fully saturated rings. The van der Waals surface area contributed by atoms with Gasteiger partial charge in [-0.05, 0) is 37.3 Å². The molecule has 34 heavy (non-hydrogen) atoms. The van der Waals surface area contributed by atoms with Gasteiger partial charge in [0, 0.05) is 55.7 Å². The van der Waals surface area contributed by atoms with Gasteiger partial charge in [0.2, 0.25) is 5.88 Å². The highest BCUT2D eigenvalue weighted by molar-refractivity contribution is 6.01. The number of urea groups is 1. The molecule has 5 rings (SSSR count). The number of nitrogens with zero attached hydrogens (tertiary/aromatic N) is 4. The molecule has 8 nitrogen and oxygen atoms in total. The predicted octanol–water partition coefficient (Wildman–Crippen LogP) is 4.69. The van der Waals surface area contributed by atoms with Crippen molar-refractivity contribution in [3.05, 3.63) is 72.3 Å². The van der Waals surface area contributed by atoms with Crippen LogP contribution < -0.4 is 15.0 Å². The Morgan fingerprint density at radius 3 is 2.59 bits per heavy atom. The first-order valence-corrected chi connectivity index (χ1v) is 10.8. The highest BCUT2D eigenvalue weighted by atomic mass is 19.1. The summed E-state index contributed by atoms with van der Waals surface area (Å²) in [6.45, 7) is 4.16. The third-order valence-electron chi connectivity index (χ3n) is 5.67. The lowest BCUT2D eigenvalue weighted by molar-refractivity contribution is 0.208. The maximum absolute atomic E-state index is 13.9. The van der Waals surface area contributed by atoms with Crippen LogP contribution in [0, 0.1) is 18.6 Å². The fraction of sp³-hybridized carbons (Fsp3) is 0.208. The number of fused-ring (bicyclic) bond motifs is 1. The minimum atomic E-state index is -0.702. The second-order valence-electron chi connectivity index (χ2n) is 8.01. The molecule has 1 saturated heterocycles. The van der Waals surface area contributed by atoms with E-state index in [1.807, 2.05) is 31.2 Å². The van der Waals surface area contributed by atoms with Gasteiger partial charge in [-0.3, -0.25) is 4.98 Å².